The number of ether oxygens (including phenoxy) is 5. The summed E-state index contributed by atoms with van der Waals surface area (Å²) in [6.07, 6.45) is 4.61. The fourth-order valence-corrected chi connectivity index (χ4v) is 6.99. The third kappa shape index (κ3) is 10.2. The largest absolute Gasteiger partial charge is 0.461 e. The zero-order chi connectivity index (χ0) is 39.4. The van der Waals surface area contributed by atoms with Crippen molar-refractivity contribution < 1.29 is 42.9 Å². The van der Waals surface area contributed by atoms with E-state index < -0.39 is 46.9 Å². The SMILES string of the molecule is Nc1nc2c(ncn2COC(COC(=O)C2(NC(=O)OCc3ccccc3)CCCCC2)COC(=O)C2(NC(=O)OCc3ccccc3)CCCCC2)c(=O)[nH]1. The second-order valence-electron chi connectivity index (χ2n) is 14.1. The zero-order valence-electron chi connectivity index (χ0n) is 31.0. The maximum absolute atomic E-state index is 13.8. The van der Waals surface area contributed by atoms with E-state index in [0.717, 1.165) is 24.0 Å². The number of nitrogens with two attached hydrogens (primary N) is 1. The van der Waals surface area contributed by atoms with Crippen LogP contribution in [0.1, 0.15) is 75.3 Å². The number of hydrogen-bond acceptors (Lipinski definition) is 13. The number of alkyl carbamates (subject to hydrolysis) is 2. The highest BCUT2D eigenvalue weighted by molar-refractivity contribution is 5.86. The normalized spacial score (nSPS) is 16.1. The predicted octanol–water partition coefficient (Wildman–Crippen LogP) is 4.39. The highest BCUT2D eigenvalue weighted by atomic mass is 16.6. The summed E-state index contributed by atoms with van der Waals surface area (Å²) >= 11 is 0. The van der Waals surface area contributed by atoms with Crippen LogP contribution in [0.3, 0.4) is 0 Å². The third-order valence-corrected chi connectivity index (χ3v) is 10.0. The lowest BCUT2D eigenvalue weighted by atomic mass is 9.81. The first-order valence-corrected chi connectivity index (χ1v) is 18.8. The third-order valence-electron chi connectivity index (χ3n) is 10.0. The molecule has 0 bridgehead atoms. The van der Waals surface area contributed by atoms with Crippen LogP contribution in [0, 0.1) is 0 Å². The lowest BCUT2D eigenvalue weighted by Crippen LogP contribution is -2.57. The second kappa shape index (κ2) is 18.6. The molecule has 0 radical (unpaired) electrons. The van der Waals surface area contributed by atoms with Crippen molar-refractivity contribution in [1.29, 1.82) is 0 Å². The Morgan fingerprint density at radius 2 is 1.21 bits per heavy atom. The first-order valence-electron chi connectivity index (χ1n) is 18.8. The number of aromatic amines is 1. The standard InChI is InChI=1S/C39H47N7O10/c40-35-42-31-30(32(47)43-35)41-25-46(31)26-56-29(23-52-33(48)38(17-9-3-10-18-38)44-36(50)54-21-27-13-5-1-6-14-27)24-53-34(49)39(19-11-4-12-20-39)45-37(51)55-22-28-15-7-2-8-16-28/h1-2,5-8,13-16,25,29H,3-4,9-12,17-24,26H2,(H,44,50)(H,45,51)(H3,40,42,43,47). The van der Waals surface area contributed by atoms with Gasteiger partial charge in [0.2, 0.25) is 5.95 Å². The molecule has 4 aromatic rings. The van der Waals surface area contributed by atoms with E-state index in [9.17, 15) is 24.0 Å². The fourth-order valence-electron chi connectivity index (χ4n) is 6.99. The number of imidazole rings is 1. The number of amides is 2. The van der Waals surface area contributed by atoms with Gasteiger partial charge in [-0.15, -0.1) is 0 Å². The van der Waals surface area contributed by atoms with Crippen LogP contribution in [0.15, 0.2) is 71.8 Å². The topological polar surface area (TPSA) is 228 Å². The first kappa shape index (κ1) is 39.7. The molecule has 56 heavy (non-hydrogen) atoms. The number of fused-ring (bicyclic) bond motifs is 1. The quantitative estimate of drug-likeness (QED) is 0.0972. The van der Waals surface area contributed by atoms with Crippen LogP contribution in [0.5, 0.6) is 0 Å². The second-order valence-corrected chi connectivity index (χ2v) is 14.1. The van der Waals surface area contributed by atoms with Crippen molar-refractivity contribution in [3.8, 4) is 0 Å². The summed E-state index contributed by atoms with van der Waals surface area (Å²) in [6.45, 7) is -0.949. The summed E-state index contributed by atoms with van der Waals surface area (Å²) in [5, 5.41) is 5.54. The van der Waals surface area contributed by atoms with Gasteiger partial charge in [0.05, 0.1) is 6.33 Å². The molecule has 2 aromatic heterocycles. The van der Waals surface area contributed by atoms with Crippen LogP contribution in [-0.2, 0) is 53.2 Å². The number of carbonyl (C=O) groups excluding carboxylic acids is 4. The molecule has 0 aliphatic heterocycles. The van der Waals surface area contributed by atoms with Crippen molar-refractivity contribution in [3.05, 3.63) is 88.5 Å². The Labute approximate surface area is 322 Å². The van der Waals surface area contributed by atoms with E-state index in [-0.39, 0.29) is 50.3 Å². The molecule has 0 unspecified atom stereocenters. The molecule has 298 valence electrons. The molecule has 2 heterocycles. The molecule has 2 fully saturated rings. The molecule has 2 aromatic carbocycles. The van der Waals surface area contributed by atoms with Crippen molar-refractivity contribution in [3.63, 3.8) is 0 Å². The van der Waals surface area contributed by atoms with Crippen molar-refractivity contribution in [2.24, 2.45) is 0 Å². The molecule has 0 atom stereocenters. The van der Waals surface area contributed by atoms with E-state index in [4.69, 9.17) is 29.4 Å². The minimum absolute atomic E-state index is 0.0233. The average molecular weight is 774 g/mol. The number of carbonyl (C=O) groups is 4. The molecule has 0 spiro atoms. The summed E-state index contributed by atoms with van der Waals surface area (Å²) in [6, 6.07) is 18.3. The van der Waals surface area contributed by atoms with Gasteiger partial charge >= 0.3 is 24.1 Å². The molecular weight excluding hydrogens is 726 g/mol. The van der Waals surface area contributed by atoms with Gasteiger partial charge in [0.1, 0.15) is 50.3 Å². The fraction of sp³-hybridized carbons (Fsp3) is 0.462. The molecule has 5 N–H and O–H groups in total. The molecule has 2 saturated carbocycles. The van der Waals surface area contributed by atoms with Crippen LogP contribution in [0.25, 0.3) is 11.2 Å². The summed E-state index contributed by atoms with van der Waals surface area (Å²) in [7, 11) is 0. The molecule has 6 rings (SSSR count). The first-order chi connectivity index (χ1) is 27.1. The summed E-state index contributed by atoms with van der Waals surface area (Å²) in [5.74, 6) is -1.49. The van der Waals surface area contributed by atoms with Crippen LogP contribution in [-0.4, -0.2) is 74.0 Å². The van der Waals surface area contributed by atoms with Crippen molar-refractivity contribution >= 4 is 41.2 Å². The minimum Gasteiger partial charge on any atom is -0.461 e. The van der Waals surface area contributed by atoms with Crippen LogP contribution >= 0.6 is 0 Å². The Balaban J connectivity index is 1.14. The van der Waals surface area contributed by atoms with Gasteiger partial charge in [0.25, 0.3) is 5.56 Å². The number of H-pyrrole nitrogens is 1. The number of hydrogen-bond donors (Lipinski definition) is 4. The molecular formula is C39H47N7O10. The number of anilines is 1. The van der Waals surface area contributed by atoms with Gasteiger partial charge in [-0.1, -0.05) is 99.2 Å². The van der Waals surface area contributed by atoms with Gasteiger partial charge in [-0.05, 0) is 36.8 Å². The number of esters is 2. The number of aromatic nitrogens is 4. The highest BCUT2D eigenvalue weighted by Gasteiger charge is 2.45. The Bertz CT molecular complexity index is 1910. The summed E-state index contributed by atoms with van der Waals surface area (Å²) in [4.78, 5) is 76.6. The number of nitrogens with one attached hydrogen (secondary N) is 3. The van der Waals surface area contributed by atoms with Crippen molar-refractivity contribution in [2.75, 3.05) is 18.9 Å². The van der Waals surface area contributed by atoms with E-state index in [1.165, 1.54) is 10.9 Å². The lowest BCUT2D eigenvalue weighted by molar-refractivity contribution is -0.167. The number of rotatable bonds is 15. The molecule has 2 amide bonds. The molecule has 2 aliphatic carbocycles. The smallest absolute Gasteiger partial charge is 0.408 e. The zero-order valence-corrected chi connectivity index (χ0v) is 31.0. The molecule has 0 saturated heterocycles. The predicted molar refractivity (Wildman–Crippen MR) is 201 cm³/mol. The van der Waals surface area contributed by atoms with Crippen LogP contribution in [0.2, 0.25) is 0 Å². The highest BCUT2D eigenvalue weighted by Crippen LogP contribution is 2.31. The van der Waals surface area contributed by atoms with E-state index >= 15 is 0 Å². The summed E-state index contributed by atoms with van der Waals surface area (Å²) < 4.78 is 30.0. The van der Waals surface area contributed by atoms with Gasteiger partial charge in [-0.3, -0.25) is 14.3 Å². The van der Waals surface area contributed by atoms with Crippen LogP contribution in [0.4, 0.5) is 15.5 Å². The van der Waals surface area contributed by atoms with Gasteiger partial charge in [0.15, 0.2) is 11.2 Å². The molecule has 2 aliphatic rings. The minimum atomic E-state index is -1.34. The lowest BCUT2D eigenvalue weighted by Gasteiger charge is -2.36. The van der Waals surface area contributed by atoms with Gasteiger partial charge in [0, 0.05) is 0 Å². The number of nitrogens with zero attached hydrogens (tertiary/aromatic N) is 3. The monoisotopic (exact) mass is 773 g/mol. The Morgan fingerprint density at radius 3 is 1.70 bits per heavy atom. The van der Waals surface area contributed by atoms with E-state index in [2.05, 4.69) is 25.6 Å². The Hall–Kier alpha value is -5.97. The number of benzene rings is 2. The van der Waals surface area contributed by atoms with Crippen molar-refractivity contribution in [2.45, 2.75) is 101 Å². The van der Waals surface area contributed by atoms with Gasteiger partial charge < -0.3 is 40.1 Å². The summed E-state index contributed by atoms with van der Waals surface area (Å²) in [5.41, 5.74) is 4.31. The molecule has 17 nitrogen and oxygen atoms in total. The Morgan fingerprint density at radius 1 is 0.732 bits per heavy atom. The van der Waals surface area contributed by atoms with E-state index in [0.29, 0.717) is 51.4 Å². The number of nitrogen functional groups attached to an aromatic ring is 1. The van der Waals surface area contributed by atoms with E-state index in [1.807, 2.05) is 60.7 Å². The van der Waals surface area contributed by atoms with Gasteiger partial charge in [-0.25, -0.2) is 24.2 Å². The maximum atomic E-state index is 13.8. The molecule has 17 heteroatoms. The average Bonchev–Trinajstić information content (AvgIpc) is 3.63. The Kier molecular flexibility index (Phi) is 13.2. The van der Waals surface area contributed by atoms with E-state index in [1.54, 1.807) is 0 Å². The maximum Gasteiger partial charge on any atom is 0.408 e. The van der Waals surface area contributed by atoms with Crippen LogP contribution < -0.4 is 21.9 Å². The van der Waals surface area contributed by atoms with Crippen molar-refractivity contribution in [1.82, 2.24) is 30.2 Å². The van der Waals surface area contributed by atoms with Gasteiger partial charge in [-0.2, -0.15) is 4.98 Å².